The molecule has 0 saturated heterocycles. The van der Waals surface area contributed by atoms with Gasteiger partial charge in [0.1, 0.15) is 0 Å². The molecule has 1 aliphatic carbocycles. The quantitative estimate of drug-likeness (QED) is 0.774. The Morgan fingerprint density at radius 3 is 2.60 bits per heavy atom. The molecule has 1 aromatic carbocycles. The average Bonchev–Trinajstić information content (AvgIpc) is 2.87. The zero-order valence-corrected chi connectivity index (χ0v) is 9.13. The van der Waals surface area contributed by atoms with Crippen molar-refractivity contribution < 1.29 is 8.42 Å². The molecule has 1 atom stereocenters. The average molecular weight is 223 g/mol. The molecule has 0 bridgehead atoms. The van der Waals surface area contributed by atoms with Gasteiger partial charge in [0.2, 0.25) is 0 Å². The van der Waals surface area contributed by atoms with Crippen LogP contribution < -0.4 is 5.73 Å². The van der Waals surface area contributed by atoms with Gasteiger partial charge in [-0.15, -0.1) is 0 Å². The monoisotopic (exact) mass is 223 g/mol. The minimum atomic E-state index is -3.08. The topological polar surface area (TPSA) is 60.2 Å². The number of hydrogen-bond donors (Lipinski definition) is 1. The van der Waals surface area contributed by atoms with E-state index in [1.165, 1.54) is 0 Å². The van der Waals surface area contributed by atoms with Crippen molar-refractivity contribution in [3.63, 3.8) is 0 Å². The summed E-state index contributed by atoms with van der Waals surface area (Å²) < 4.78 is 23.8. The van der Waals surface area contributed by atoms with Gasteiger partial charge in [0.05, 0.1) is 10.6 Å². The number of fused-ring (bicyclic) bond motifs is 1. The van der Waals surface area contributed by atoms with Crippen LogP contribution in [0.5, 0.6) is 0 Å². The van der Waals surface area contributed by atoms with Crippen LogP contribution in [0.15, 0.2) is 29.2 Å². The van der Waals surface area contributed by atoms with Crippen molar-refractivity contribution in [2.45, 2.75) is 29.2 Å². The normalized spacial score (nSPS) is 29.8. The lowest BCUT2D eigenvalue weighted by molar-refractivity contribution is 0.553. The summed E-state index contributed by atoms with van der Waals surface area (Å²) in [6, 6.07) is 7.25. The summed E-state index contributed by atoms with van der Waals surface area (Å²) in [4.78, 5) is 0.492. The summed E-state index contributed by atoms with van der Waals surface area (Å²) in [5, 5.41) is 0. The number of rotatable bonds is 1. The molecule has 2 N–H and O–H groups in total. The second-order valence-corrected chi connectivity index (χ2v) is 6.61. The lowest BCUT2D eigenvalue weighted by atomic mass is 9.92. The Labute approximate surface area is 89.2 Å². The predicted molar refractivity (Wildman–Crippen MR) is 57.4 cm³/mol. The van der Waals surface area contributed by atoms with Crippen LogP contribution in [0.2, 0.25) is 0 Å². The van der Waals surface area contributed by atoms with Gasteiger partial charge in [-0.25, -0.2) is 8.42 Å². The second-order valence-electron chi connectivity index (χ2n) is 4.60. The Bertz CT molecular complexity index is 517. The maximum absolute atomic E-state index is 11.9. The van der Waals surface area contributed by atoms with Gasteiger partial charge in [0.15, 0.2) is 9.84 Å². The zero-order chi connectivity index (χ0) is 10.7. The van der Waals surface area contributed by atoms with Gasteiger partial charge >= 0.3 is 0 Å². The minimum Gasteiger partial charge on any atom is -0.325 e. The molecule has 1 heterocycles. The maximum atomic E-state index is 11.9. The molecule has 0 spiro atoms. The Morgan fingerprint density at radius 1 is 1.27 bits per heavy atom. The van der Waals surface area contributed by atoms with Crippen LogP contribution in [0.25, 0.3) is 0 Å². The van der Waals surface area contributed by atoms with E-state index in [0.29, 0.717) is 4.90 Å². The van der Waals surface area contributed by atoms with Gasteiger partial charge in [0.25, 0.3) is 0 Å². The van der Waals surface area contributed by atoms with Crippen molar-refractivity contribution in [3.8, 4) is 0 Å². The highest BCUT2D eigenvalue weighted by Crippen LogP contribution is 2.50. The first-order valence-electron chi connectivity index (χ1n) is 5.13. The molecule has 1 saturated carbocycles. The maximum Gasteiger partial charge on any atom is 0.179 e. The van der Waals surface area contributed by atoms with Gasteiger partial charge in [-0.05, 0) is 24.5 Å². The van der Waals surface area contributed by atoms with Crippen molar-refractivity contribution >= 4 is 9.84 Å². The van der Waals surface area contributed by atoms with Crippen LogP contribution in [0, 0.1) is 0 Å². The van der Waals surface area contributed by atoms with E-state index in [1.54, 1.807) is 12.1 Å². The Kier molecular flexibility index (Phi) is 1.64. The Balaban J connectivity index is 2.19. The van der Waals surface area contributed by atoms with Gasteiger partial charge in [-0.1, -0.05) is 18.2 Å². The van der Waals surface area contributed by atoms with E-state index in [-0.39, 0.29) is 17.2 Å². The smallest absolute Gasteiger partial charge is 0.179 e. The molecule has 3 nitrogen and oxygen atoms in total. The minimum absolute atomic E-state index is 0.0127. The van der Waals surface area contributed by atoms with Crippen molar-refractivity contribution in [2.24, 2.45) is 5.73 Å². The SMILES string of the molecule is NC1(C2CS(=O)(=O)c3ccccc32)CC1. The fourth-order valence-corrected chi connectivity index (χ4v) is 4.40. The van der Waals surface area contributed by atoms with Crippen molar-refractivity contribution in [1.82, 2.24) is 0 Å². The second kappa shape index (κ2) is 2.62. The molecule has 3 rings (SSSR count). The van der Waals surface area contributed by atoms with Crippen LogP contribution in [0.3, 0.4) is 0 Å². The van der Waals surface area contributed by atoms with Crippen molar-refractivity contribution in [2.75, 3.05) is 5.75 Å². The van der Waals surface area contributed by atoms with E-state index in [0.717, 1.165) is 18.4 Å². The van der Waals surface area contributed by atoms with Crippen LogP contribution >= 0.6 is 0 Å². The molecule has 2 aliphatic rings. The molecular formula is C11H13NO2S. The summed E-state index contributed by atoms with van der Waals surface area (Å²) in [5.41, 5.74) is 6.80. The number of nitrogens with two attached hydrogens (primary N) is 1. The van der Waals surface area contributed by atoms with Crippen molar-refractivity contribution in [3.05, 3.63) is 29.8 Å². The molecule has 1 aromatic rings. The van der Waals surface area contributed by atoms with E-state index in [9.17, 15) is 8.42 Å². The third-order valence-corrected chi connectivity index (χ3v) is 5.35. The highest BCUT2D eigenvalue weighted by molar-refractivity contribution is 7.91. The van der Waals surface area contributed by atoms with E-state index in [4.69, 9.17) is 5.73 Å². The first-order valence-corrected chi connectivity index (χ1v) is 6.79. The Hall–Kier alpha value is -0.870. The largest absolute Gasteiger partial charge is 0.325 e. The fraction of sp³-hybridized carbons (Fsp3) is 0.455. The number of hydrogen-bond acceptors (Lipinski definition) is 3. The Morgan fingerprint density at radius 2 is 1.93 bits per heavy atom. The third kappa shape index (κ3) is 1.25. The summed E-state index contributed by atoms with van der Waals surface area (Å²) in [6.45, 7) is 0. The molecule has 1 aliphatic heterocycles. The van der Waals surface area contributed by atoms with Crippen molar-refractivity contribution in [1.29, 1.82) is 0 Å². The molecular weight excluding hydrogens is 210 g/mol. The van der Waals surface area contributed by atoms with Crippen LogP contribution in [0.1, 0.15) is 24.3 Å². The standard InChI is InChI=1S/C11H13NO2S/c12-11(5-6-11)9-7-15(13,14)10-4-2-1-3-8(9)10/h1-4,9H,5-7,12H2. The third-order valence-electron chi connectivity index (χ3n) is 3.54. The zero-order valence-electron chi connectivity index (χ0n) is 8.31. The molecule has 1 fully saturated rings. The molecule has 80 valence electrons. The lowest BCUT2D eigenvalue weighted by Crippen LogP contribution is -2.31. The summed E-state index contributed by atoms with van der Waals surface area (Å²) in [7, 11) is -3.08. The summed E-state index contributed by atoms with van der Waals surface area (Å²) in [5.74, 6) is 0.210. The first kappa shape index (κ1) is 9.36. The van der Waals surface area contributed by atoms with E-state index in [2.05, 4.69) is 0 Å². The molecule has 0 aromatic heterocycles. The van der Waals surface area contributed by atoms with Gasteiger partial charge in [-0.3, -0.25) is 0 Å². The van der Waals surface area contributed by atoms with E-state index >= 15 is 0 Å². The fourth-order valence-electron chi connectivity index (χ4n) is 2.42. The van der Waals surface area contributed by atoms with Gasteiger partial charge in [0, 0.05) is 11.5 Å². The van der Waals surface area contributed by atoms with Gasteiger partial charge in [-0.2, -0.15) is 0 Å². The molecule has 0 amide bonds. The number of benzene rings is 1. The summed E-state index contributed by atoms with van der Waals surface area (Å²) in [6.07, 6.45) is 1.89. The lowest BCUT2D eigenvalue weighted by Gasteiger charge is -2.17. The molecule has 4 heteroatoms. The van der Waals surface area contributed by atoms with Crippen LogP contribution in [-0.2, 0) is 9.84 Å². The van der Waals surface area contributed by atoms with Gasteiger partial charge < -0.3 is 5.73 Å². The molecule has 0 radical (unpaired) electrons. The first-order chi connectivity index (χ1) is 7.03. The van der Waals surface area contributed by atoms with E-state index < -0.39 is 9.84 Å². The molecule has 1 unspecified atom stereocenters. The highest BCUT2D eigenvalue weighted by Gasteiger charge is 2.52. The summed E-state index contributed by atoms with van der Waals surface area (Å²) >= 11 is 0. The van der Waals surface area contributed by atoms with Crippen LogP contribution in [0.4, 0.5) is 0 Å². The number of sulfone groups is 1. The van der Waals surface area contributed by atoms with Crippen LogP contribution in [-0.4, -0.2) is 19.7 Å². The molecule has 15 heavy (non-hydrogen) atoms. The highest BCUT2D eigenvalue weighted by atomic mass is 32.2. The van der Waals surface area contributed by atoms with E-state index in [1.807, 2.05) is 12.1 Å². The predicted octanol–water partition coefficient (Wildman–Crippen LogP) is 1.05.